The van der Waals surface area contributed by atoms with Gasteiger partial charge in [0, 0.05) is 22.2 Å². The lowest BCUT2D eigenvalue weighted by Gasteiger charge is -2.11. The van der Waals surface area contributed by atoms with Gasteiger partial charge in [0.15, 0.2) is 0 Å². The minimum atomic E-state index is 0.527. The molecule has 4 nitrogen and oxygen atoms in total. The van der Waals surface area contributed by atoms with Gasteiger partial charge in [0.1, 0.15) is 11.5 Å². The van der Waals surface area contributed by atoms with Crippen LogP contribution in [-0.4, -0.2) is 15.0 Å². The van der Waals surface area contributed by atoms with Crippen LogP contribution in [0.25, 0.3) is 21.9 Å². The third-order valence-electron chi connectivity index (χ3n) is 4.99. The van der Waals surface area contributed by atoms with Crippen LogP contribution in [0.5, 0.6) is 0 Å². The highest BCUT2D eigenvalue weighted by atomic mass is 32.2. The first-order valence-electron chi connectivity index (χ1n) is 8.18. The van der Waals surface area contributed by atoms with E-state index in [9.17, 15) is 0 Å². The Labute approximate surface area is 138 Å². The Kier molecular flexibility index (Phi) is 2.92. The van der Waals surface area contributed by atoms with E-state index in [1.807, 2.05) is 12.3 Å². The summed E-state index contributed by atoms with van der Waals surface area (Å²) in [5.41, 5.74) is 10.8. The van der Waals surface area contributed by atoms with Gasteiger partial charge in [0.25, 0.3) is 0 Å². The highest BCUT2D eigenvalue weighted by Crippen LogP contribution is 2.52. The Morgan fingerprint density at radius 1 is 1.09 bits per heavy atom. The summed E-state index contributed by atoms with van der Waals surface area (Å²) in [6, 6.07) is 4.22. The number of allylic oxidation sites excluding steroid dienone is 2. The smallest absolute Gasteiger partial charge is 0.138 e. The number of anilines is 1. The molecule has 3 aromatic rings. The topological polar surface area (TPSA) is 67.6 Å². The number of thioether (sulfide) groups is 1. The second kappa shape index (κ2) is 4.99. The second-order valence-electron chi connectivity index (χ2n) is 6.49. The lowest BCUT2D eigenvalue weighted by atomic mass is 9.94. The van der Waals surface area contributed by atoms with Crippen molar-refractivity contribution in [3.8, 4) is 0 Å². The third-order valence-corrected chi connectivity index (χ3v) is 6.49. The predicted molar refractivity (Wildman–Crippen MR) is 96.3 cm³/mol. The predicted octanol–water partition coefficient (Wildman–Crippen LogP) is 4.70. The maximum absolute atomic E-state index is 5.86. The maximum atomic E-state index is 5.86. The van der Waals surface area contributed by atoms with Crippen LogP contribution in [0.1, 0.15) is 42.9 Å². The molecule has 0 saturated heterocycles. The standard InChI is InChI=1S/C18H18N4S/c19-17-7-12-13-5-11(8-21-18(13)22-14(12)9-20-17)16-6-10-3-1-2-4-15(10)23-16/h5,7-9,16H,1-4,6H2,(H2,19,20)(H,21,22). The van der Waals surface area contributed by atoms with E-state index in [1.54, 1.807) is 16.7 Å². The zero-order valence-corrected chi connectivity index (χ0v) is 13.6. The highest BCUT2D eigenvalue weighted by molar-refractivity contribution is 8.03. The van der Waals surface area contributed by atoms with Crippen LogP contribution < -0.4 is 5.73 Å². The lowest BCUT2D eigenvalue weighted by molar-refractivity contribution is 0.676. The summed E-state index contributed by atoms with van der Waals surface area (Å²) in [4.78, 5) is 13.8. The van der Waals surface area contributed by atoms with Gasteiger partial charge >= 0.3 is 0 Å². The Morgan fingerprint density at radius 3 is 2.91 bits per heavy atom. The van der Waals surface area contributed by atoms with Crippen molar-refractivity contribution in [1.29, 1.82) is 0 Å². The van der Waals surface area contributed by atoms with Crippen molar-refractivity contribution in [3.05, 3.63) is 40.6 Å². The molecule has 0 aromatic carbocycles. The van der Waals surface area contributed by atoms with E-state index < -0.39 is 0 Å². The molecule has 3 N–H and O–H groups in total. The molecule has 5 rings (SSSR count). The number of rotatable bonds is 1. The summed E-state index contributed by atoms with van der Waals surface area (Å²) in [6.07, 6.45) is 10.3. The van der Waals surface area contributed by atoms with Gasteiger partial charge in [-0.1, -0.05) is 5.57 Å². The van der Waals surface area contributed by atoms with E-state index in [2.05, 4.69) is 32.8 Å². The van der Waals surface area contributed by atoms with Crippen LogP contribution in [-0.2, 0) is 0 Å². The number of nitrogens with two attached hydrogens (primary N) is 1. The van der Waals surface area contributed by atoms with E-state index in [0.29, 0.717) is 11.1 Å². The van der Waals surface area contributed by atoms with Crippen LogP contribution in [0.4, 0.5) is 5.82 Å². The van der Waals surface area contributed by atoms with Crippen molar-refractivity contribution in [2.45, 2.75) is 37.4 Å². The average molecular weight is 322 g/mol. The van der Waals surface area contributed by atoms with Gasteiger partial charge in [0.05, 0.1) is 11.7 Å². The number of nitrogen functional groups attached to an aromatic ring is 1. The minimum Gasteiger partial charge on any atom is -0.384 e. The van der Waals surface area contributed by atoms with Gasteiger partial charge in [-0.2, -0.15) is 0 Å². The molecule has 23 heavy (non-hydrogen) atoms. The van der Waals surface area contributed by atoms with Gasteiger partial charge in [-0.15, -0.1) is 11.8 Å². The molecule has 0 amide bonds. The summed E-state index contributed by atoms with van der Waals surface area (Å²) in [5.74, 6) is 0.552. The molecule has 1 unspecified atom stereocenters. The fourth-order valence-corrected chi connectivity index (χ4v) is 5.31. The number of pyridine rings is 2. The van der Waals surface area contributed by atoms with E-state index in [-0.39, 0.29) is 0 Å². The van der Waals surface area contributed by atoms with E-state index in [4.69, 9.17) is 5.73 Å². The zero-order chi connectivity index (χ0) is 15.4. The van der Waals surface area contributed by atoms with E-state index >= 15 is 0 Å². The largest absolute Gasteiger partial charge is 0.384 e. The monoisotopic (exact) mass is 322 g/mol. The molecule has 0 radical (unpaired) electrons. The molecule has 0 bridgehead atoms. The quantitative estimate of drug-likeness (QED) is 0.681. The number of hydrogen-bond donors (Lipinski definition) is 2. The maximum Gasteiger partial charge on any atom is 0.138 e. The molecule has 5 heteroatoms. The molecule has 116 valence electrons. The molecule has 4 heterocycles. The van der Waals surface area contributed by atoms with Gasteiger partial charge < -0.3 is 10.7 Å². The van der Waals surface area contributed by atoms with Crippen LogP contribution in [0.2, 0.25) is 0 Å². The van der Waals surface area contributed by atoms with E-state index in [0.717, 1.165) is 21.9 Å². The Bertz CT molecular complexity index is 938. The van der Waals surface area contributed by atoms with Crippen molar-refractivity contribution in [2.75, 3.05) is 5.73 Å². The minimum absolute atomic E-state index is 0.527. The van der Waals surface area contributed by atoms with Crippen molar-refractivity contribution in [2.24, 2.45) is 0 Å². The van der Waals surface area contributed by atoms with Crippen molar-refractivity contribution < 1.29 is 0 Å². The molecular weight excluding hydrogens is 304 g/mol. The Hall–Kier alpha value is -2.01. The van der Waals surface area contributed by atoms with Crippen LogP contribution >= 0.6 is 11.8 Å². The molecule has 1 aliphatic heterocycles. The highest BCUT2D eigenvalue weighted by Gasteiger charge is 2.28. The first kappa shape index (κ1) is 13.4. The number of H-pyrrole nitrogens is 1. The normalized spacial score (nSPS) is 21.3. The fraction of sp³-hybridized carbons (Fsp3) is 0.333. The first-order valence-corrected chi connectivity index (χ1v) is 9.06. The molecular formula is C18H18N4S. The third kappa shape index (κ3) is 2.14. The van der Waals surface area contributed by atoms with Gasteiger partial charge in [0.2, 0.25) is 0 Å². The molecule has 0 fully saturated rings. The van der Waals surface area contributed by atoms with Crippen LogP contribution in [0.3, 0.4) is 0 Å². The molecule has 1 aliphatic carbocycles. The number of hydrogen-bond acceptors (Lipinski definition) is 4. The molecule has 3 aromatic heterocycles. The van der Waals surface area contributed by atoms with E-state index in [1.165, 1.54) is 37.7 Å². The SMILES string of the molecule is Nc1cc2c(cn1)[nH]c1ncc(C3CC4=C(CCCC4)S3)cc12. The van der Waals surface area contributed by atoms with Crippen molar-refractivity contribution in [3.63, 3.8) is 0 Å². The van der Waals surface area contributed by atoms with Gasteiger partial charge in [-0.05, 0) is 54.7 Å². The fourth-order valence-electron chi connectivity index (χ4n) is 3.80. The number of nitrogens with one attached hydrogen (secondary N) is 1. The van der Waals surface area contributed by atoms with Crippen molar-refractivity contribution in [1.82, 2.24) is 15.0 Å². The summed E-state index contributed by atoms with van der Waals surface area (Å²) in [5, 5.41) is 2.79. The molecule has 1 atom stereocenters. The average Bonchev–Trinajstić information content (AvgIpc) is 3.15. The lowest BCUT2D eigenvalue weighted by Crippen LogP contribution is -1.93. The Balaban J connectivity index is 1.58. The van der Waals surface area contributed by atoms with Crippen LogP contribution in [0, 0.1) is 0 Å². The number of aromatic nitrogens is 3. The molecule has 0 spiro atoms. The number of fused-ring (bicyclic) bond motifs is 3. The van der Waals surface area contributed by atoms with Crippen LogP contribution in [0.15, 0.2) is 35.0 Å². The zero-order valence-electron chi connectivity index (χ0n) is 12.8. The molecule has 2 aliphatic rings. The Morgan fingerprint density at radius 2 is 2.00 bits per heavy atom. The molecule has 0 saturated carbocycles. The number of aromatic amines is 1. The first-order chi connectivity index (χ1) is 11.3. The number of nitrogens with zero attached hydrogens (tertiary/aromatic N) is 2. The summed E-state index contributed by atoms with van der Waals surface area (Å²) in [7, 11) is 0. The van der Waals surface area contributed by atoms with Gasteiger partial charge in [-0.25, -0.2) is 9.97 Å². The summed E-state index contributed by atoms with van der Waals surface area (Å²) < 4.78 is 0. The summed E-state index contributed by atoms with van der Waals surface area (Å²) in [6.45, 7) is 0. The second-order valence-corrected chi connectivity index (χ2v) is 7.79. The van der Waals surface area contributed by atoms with Crippen molar-refractivity contribution >= 4 is 39.5 Å². The van der Waals surface area contributed by atoms with Gasteiger partial charge in [-0.3, -0.25) is 0 Å². The summed E-state index contributed by atoms with van der Waals surface area (Å²) >= 11 is 2.06.